The molecule has 5 heteroatoms. The van der Waals surface area contributed by atoms with Gasteiger partial charge in [0.15, 0.2) is 0 Å². The number of piperidine rings is 1. The van der Waals surface area contributed by atoms with Gasteiger partial charge in [0.25, 0.3) is 0 Å². The molecule has 0 spiro atoms. The van der Waals surface area contributed by atoms with Gasteiger partial charge >= 0.3 is 0 Å². The molecule has 1 aliphatic heterocycles. The second-order valence-electron chi connectivity index (χ2n) is 4.49. The maximum atomic E-state index is 5.31. The molecule has 2 N–H and O–H groups in total. The smallest absolute Gasteiger partial charge is 0.135 e. The van der Waals surface area contributed by atoms with E-state index in [0.29, 0.717) is 6.04 Å². The Hall–Kier alpha value is -0.260. The van der Waals surface area contributed by atoms with Crippen molar-refractivity contribution in [3.05, 3.63) is 21.1 Å². The van der Waals surface area contributed by atoms with Crippen LogP contribution in [0.2, 0.25) is 0 Å². The van der Waals surface area contributed by atoms with Crippen LogP contribution < -0.4 is 15.4 Å². The molecule has 2 rings (SSSR count). The maximum absolute atomic E-state index is 5.31. The number of hydrogen-bond acceptors (Lipinski definition) is 3. The Morgan fingerprint density at radius 1 is 1.33 bits per heavy atom. The Balaban J connectivity index is 1.99. The fourth-order valence-electron chi connectivity index (χ4n) is 2.15. The highest BCUT2D eigenvalue weighted by atomic mass is 79.9. The second-order valence-corrected chi connectivity index (χ2v) is 6.20. The molecule has 0 aliphatic carbocycles. The van der Waals surface area contributed by atoms with Gasteiger partial charge in [-0.05, 0) is 57.3 Å². The van der Waals surface area contributed by atoms with Crippen molar-refractivity contribution < 1.29 is 4.74 Å². The number of nitrogens with one attached hydrogen (secondary N) is 2. The molecule has 0 saturated carbocycles. The van der Waals surface area contributed by atoms with Crippen molar-refractivity contribution in [3.63, 3.8) is 0 Å². The molecule has 1 fully saturated rings. The largest absolute Gasteiger partial charge is 0.495 e. The van der Waals surface area contributed by atoms with E-state index in [-0.39, 0.29) is 0 Å². The van der Waals surface area contributed by atoms with Crippen LogP contribution in [-0.4, -0.2) is 26.2 Å². The Bertz CT molecular complexity index is 406. The van der Waals surface area contributed by atoms with Crippen LogP contribution in [0, 0.1) is 0 Å². The quantitative estimate of drug-likeness (QED) is 0.837. The average molecular weight is 378 g/mol. The number of rotatable bonds is 4. The van der Waals surface area contributed by atoms with Crippen molar-refractivity contribution in [2.24, 2.45) is 0 Å². The lowest BCUT2D eigenvalue weighted by Gasteiger charge is -2.24. The molecule has 1 aliphatic rings. The highest BCUT2D eigenvalue weighted by molar-refractivity contribution is 9.11. The lowest BCUT2D eigenvalue weighted by Crippen LogP contribution is -2.39. The van der Waals surface area contributed by atoms with Crippen LogP contribution >= 0.6 is 31.9 Å². The van der Waals surface area contributed by atoms with Crippen LogP contribution in [-0.2, 0) is 0 Å². The summed E-state index contributed by atoms with van der Waals surface area (Å²) in [6.45, 7) is 2.08. The van der Waals surface area contributed by atoms with Crippen molar-refractivity contribution in [1.82, 2.24) is 5.32 Å². The van der Waals surface area contributed by atoms with Crippen molar-refractivity contribution in [2.75, 3.05) is 25.5 Å². The van der Waals surface area contributed by atoms with Gasteiger partial charge < -0.3 is 15.4 Å². The first-order chi connectivity index (χ1) is 8.70. The third-order valence-electron chi connectivity index (χ3n) is 3.19. The monoisotopic (exact) mass is 376 g/mol. The van der Waals surface area contributed by atoms with E-state index < -0.39 is 0 Å². The molecule has 1 atom stereocenters. The van der Waals surface area contributed by atoms with Crippen molar-refractivity contribution in [1.29, 1.82) is 0 Å². The van der Waals surface area contributed by atoms with Gasteiger partial charge in [0.2, 0.25) is 0 Å². The van der Waals surface area contributed by atoms with Gasteiger partial charge in [0, 0.05) is 23.1 Å². The molecule has 0 aromatic heterocycles. The SMILES string of the molecule is COc1cc(NCC2CCCCN2)c(Br)cc1Br. The normalized spacial score (nSPS) is 19.6. The zero-order chi connectivity index (χ0) is 13.0. The number of methoxy groups -OCH3 is 1. The zero-order valence-electron chi connectivity index (χ0n) is 10.4. The first kappa shape index (κ1) is 14.2. The molecule has 0 amide bonds. The molecule has 1 heterocycles. The minimum atomic E-state index is 0.570. The number of ether oxygens (including phenoxy) is 1. The van der Waals surface area contributed by atoms with Gasteiger partial charge in [-0.3, -0.25) is 0 Å². The first-order valence-corrected chi connectivity index (χ1v) is 7.79. The minimum Gasteiger partial charge on any atom is -0.495 e. The third kappa shape index (κ3) is 3.62. The summed E-state index contributed by atoms with van der Waals surface area (Å²) in [6.07, 6.45) is 3.87. The molecular formula is C13H18Br2N2O. The zero-order valence-corrected chi connectivity index (χ0v) is 13.6. The molecule has 100 valence electrons. The summed E-state index contributed by atoms with van der Waals surface area (Å²) < 4.78 is 7.31. The Kier molecular flexibility index (Phi) is 5.33. The predicted octanol–water partition coefficient (Wildman–Crippen LogP) is 3.77. The Morgan fingerprint density at radius 3 is 2.83 bits per heavy atom. The molecule has 1 aromatic rings. The molecular weight excluding hydrogens is 360 g/mol. The molecule has 1 unspecified atom stereocenters. The molecule has 3 nitrogen and oxygen atoms in total. The Labute approximate surface area is 125 Å². The van der Waals surface area contributed by atoms with Crippen LogP contribution in [0.1, 0.15) is 19.3 Å². The number of anilines is 1. The van der Waals surface area contributed by atoms with Crippen molar-refractivity contribution in [2.45, 2.75) is 25.3 Å². The van der Waals surface area contributed by atoms with Crippen LogP contribution in [0.15, 0.2) is 21.1 Å². The fraction of sp³-hybridized carbons (Fsp3) is 0.538. The van der Waals surface area contributed by atoms with E-state index in [0.717, 1.165) is 33.5 Å². The molecule has 0 bridgehead atoms. The Morgan fingerprint density at radius 2 is 2.17 bits per heavy atom. The van der Waals surface area contributed by atoms with E-state index in [1.807, 2.05) is 12.1 Å². The van der Waals surface area contributed by atoms with Crippen molar-refractivity contribution >= 4 is 37.5 Å². The lowest BCUT2D eigenvalue weighted by molar-refractivity contribution is 0.410. The van der Waals surface area contributed by atoms with Crippen LogP contribution in [0.3, 0.4) is 0 Å². The minimum absolute atomic E-state index is 0.570. The summed E-state index contributed by atoms with van der Waals surface area (Å²) >= 11 is 7.04. The van der Waals surface area contributed by atoms with Gasteiger partial charge in [-0.1, -0.05) is 6.42 Å². The summed E-state index contributed by atoms with van der Waals surface area (Å²) in [5, 5.41) is 7.00. The van der Waals surface area contributed by atoms with E-state index in [4.69, 9.17) is 4.74 Å². The van der Waals surface area contributed by atoms with E-state index in [9.17, 15) is 0 Å². The lowest BCUT2D eigenvalue weighted by atomic mass is 10.1. The van der Waals surface area contributed by atoms with Gasteiger partial charge in [-0.2, -0.15) is 0 Å². The second kappa shape index (κ2) is 6.78. The number of benzene rings is 1. The summed E-state index contributed by atoms with van der Waals surface area (Å²) in [5.74, 6) is 0.845. The third-order valence-corrected chi connectivity index (χ3v) is 4.47. The average Bonchev–Trinajstić information content (AvgIpc) is 2.39. The van der Waals surface area contributed by atoms with E-state index in [2.05, 4.69) is 42.5 Å². The van der Waals surface area contributed by atoms with E-state index >= 15 is 0 Å². The summed E-state index contributed by atoms with van der Waals surface area (Å²) in [4.78, 5) is 0. The van der Waals surface area contributed by atoms with Gasteiger partial charge in [-0.25, -0.2) is 0 Å². The summed E-state index contributed by atoms with van der Waals surface area (Å²) in [6, 6.07) is 4.59. The van der Waals surface area contributed by atoms with E-state index in [1.54, 1.807) is 7.11 Å². The number of hydrogen-bond donors (Lipinski definition) is 2. The highest BCUT2D eigenvalue weighted by Gasteiger charge is 2.13. The summed E-state index contributed by atoms with van der Waals surface area (Å²) in [5.41, 5.74) is 1.07. The first-order valence-electron chi connectivity index (χ1n) is 6.21. The van der Waals surface area contributed by atoms with Crippen LogP contribution in [0.5, 0.6) is 5.75 Å². The topological polar surface area (TPSA) is 33.3 Å². The predicted molar refractivity (Wildman–Crippen MR) is 82.5 cm³/mol. The van der Waals surface area contributed by atoms with Gasteiger partial charge in [0.05, 0.1) is 17.3 Å². The van der Waals surface area contributed by atoms with Crippen LogP contribution in [0.4, 0.5) is 5.69 Å². The summed E-state index contributed by atoms with van der Waals surface area (Å²) in [7, 11) is 1.68. The van der Waals surface area contributed by atoms with Crippen LogP contribution in [0.25, 0.3) is 0 Å². The fourth-order valence-corrected chi connectivity index (χ4v) is 3.45. The van der Waals surface area contributed by atoms with E-state index in [1.165, 1.54) is 19.3 Å². The maximum Gasteiger partial charge on any atom is 0.135 e. The van der Waals surface area contributed by atoms with Gasteiger partial charge in [0.1, 0.15) is 5.75 Å². The highest BCUT2D eigenvalue weighted by Crippen LogP contribution is 2.34. The number of halogens is 2. The van der Waals surface area contributed by atoms with Gasteiger partial charge in [-0.15, -0.1) is 0 Å². The standard InChI is InChI=1S/C13H18Br2N2O/c1-18-13-7-12(10(14)6-11(13)15)17-8-9-4-2-3-5-16-9/h6-7,9,16-17H,2-5,8H2,1H3. The van der Waals surface area contributed by atoms with Crippen molar-refractivity contribution in [3.8, 4) is 5.75 Å². The molecule has 1 saturated heterocycles. The molecule has 18 heavy (non-hydrogen) atoms. The molecule has 0 radical (unpaired) electrons. The molecule has 1 aromatic carbocycles.